The zero-order valence-electron chi connectivity index (χ0n) is 12.5. The largest absolute Gasteiger partial charge is 0.477 e. The molecule has 4 nitrogen and oxygen atoms in total. The maximum atomic E-state index is 12.2. The molecule has 1 aromatic heterocycles. The molecule has 110 valence electrons. The van der Waals surface area contributed by atoms with Gasteiger partial charge in [-0.3, -0.25) is 4.79 Å². The van der Waals surface area contributed by atoms with Gasteiger partial charge in [0.05, 0.1) is 5.69 Å². The zero-order valence-corrected chi connectivity index (χ0v) is 12.5. The Hall–Kier alpha value is -2.36. The maximum absolute atomic E-state index is 12.2. The standard InChI is InChI=1S/C17H19NO3/c1-4-18-15(10-9-14(16(18)19)17(20)21)13-7-5-12(6-8-13)11(2)3/h5-11H,4H2,1-3H3,(H,20,21). The first-order chi connectivity index (χ1) is 9.95. The van der Waals surface area contributed by atoms with Crippen molar-refractivity contribution in [3.63, 3.8) is 0 Å². The second-order valence-electron chi connectivity index (χ2n) is 5.26. The molecule has 2 rings (SSSR count). The fraction of sp³-hybridized carbons (Fsp3) is 0.294. The topological polar surface area (TPSA) is 59.3 Å². The number of benzene rings is 1. The van der Waals surface area contributed by atoms with Crippen molar-refractivity contribution in [2.24, 2.45) is 0 Å². The molecule has 1 N–H and O–H groups in total. The Labute approximate surface area is 123 Å². The lowest BCUT2D eigenvalue weighted by Gasteiger charge is -2.13. The first kappa shape index (κ1) is 15.0. The number of nitrogens with zero attached hydrogens (tertiary/aromatic N) is 1. The minimum Gasteiger partial charge on any atom is -0.477 e. The van der Waals surface area contributed by atoms with E-state index in [0.29, 0.717) is 12.5 Å². The van der Waals surface area contributed by atoms with E-state index < -0.39 is 11.5 Å². The highest BCUT2D eigenvalue weighted by Crippen LogP contribution is 2.22. The SMILES string of the molecule is CCn1c(-c2ccc(C(C)C)cc2)ccc(C(=O)O)c1=O. The molecule has 4 heteroatoms. The third-order valence-electron chi connectivity index (χ3n) is 3.59. The molecule has 0 atom stereocenters. The van der Waals surface area contributed by atoms with Crippen LogP contribution in [0.3, 0.4) is 0 Å². The molecule has 0 aliphatic heterocycles. The van der Waals surface area contributed by atoms with Crippen LogP contribution in [0.25, 0.3) is 11.3 Å². The van der Waals surface area contributed by atoms with Crippen molar-refractivity contribution in [3.8, 4) is 11.3 Å². The Balaban J connectivity index is 2.56. The van der Waals surface area contributed by atoms with Gasteiger partial charge in [-0.05, 0) is 36.1 Å². The second kappa shape index (κ2) is 5.95. The Morgan fingerprint density at radius 3 is 2.24 bits per heavy atom. The number of aromatic carboxylic acids is 1. The zero-order chi connectivity index (χ0) is 15.6. The molecule has 0 aliphatic carbocycles. The first-order valence-electron chi connectivity index (χ1n) is 7.03. The summed E-state index contributed by atoms with van der Waals surface area (Å²) in [5.41, 5.74) is 2.22. The fourth-order valence-electron chi connectivity index (χ4n) is 2.35. The fourth-order valence-corrected chi connectivity index (χ4v) is 2.35. The van der Waals surface area contributed by atoms with Crippen molar-refractivity contribution < 1.29 is 9.90 Å². The molecular formula is C17H19NO3. The van der Waals surface area contributed by atoms with Gasteiger partial charge in [0.1, 0.15) is 5.56 Å². The highest BCUT2D eigenvalue weighted by atomic mass is 16.4. The molecule has 0 unspecified atom stereocenters. The highest BCUT2D eigenvalue weighted by molar-refractivity contribution is 5.87. The van der Waals surface area contributed by atoms with Gasteiger partial charge in [-0.15, -0.1) is 0 Å². The number of carbonyl (C=O) groups is 1. The summed E-state index contributed by atoms with van der Waals surface area (Å²) < 4.78 is 1.49. The third-order valence-corrected chi connectivity index (χ3v) is 3.59. The average Bonchev–Trinajstić information content (AvgIpc) is 2.46. The molecule has 0 bridgehead atoms. The van der Waals surface area contributed by atoms with E-state index in [9.17, 15) is 9.59 Å². The van der Waals surface area contributed by atoms with Gasteiger partial charge in [-0.25, -0.2) is 4.79 Å². The highest BCUT2D eigenvalue weighted by Gasteiger charge is 2.14. The van der Waals surface area contributed by atoms with Crippen LogP contribution in [0.5, 0.6) is 0 Å². The summed E-state index contributed by atoms with van der Waals surface area (Å²) in [5, 5.41) is 9.03. The van der Waals surface area contributed by atoms with Crippen LogP contribution in [0, 0.1) is 0 Å². The number of carboxylic acid groups (broad SMARTS) is 1. The lowest BCUT2D eigenvalue weighted by Crippen LogP contribution is -2.26. The van der Waals surface area contributed by atoms with Crippen LogP contribution in [0.1, 0.15) is 42.6 Å². The summed E-state index contributed by atoms with van der Waals surface area (Å²) in [6.45, 7) is 6.51. The van der Waals surface area contributed by atoms with Crippen molar-refractivity contribution in [3.05, 3.63) is 57.9 Å². The third kappa shape index (κ3) is 2.89. The molecule has 0 saturated carbocycles. The van der Waals surface area contributed by atoms with Crippen LogP contribution < -0.4 is 5.56 Å². The van der Waals surface area contributed by atoms with E-state index in [-0.39, 0.29) is 5.56 Å². The molecule has 1 aromatic carbocycles. The molecule has 2 aromatic rings. The number of hydrogen-bond acceptors (Lipinski definition) is 2. The monoisotopic (exact) mass is 285 g/mol. The lowest BCUT2D eigenvalue weighted by molar-refractivity contribution is 0.0694. The number of aromatic nitrogens is 1. The van der Waals surface area contributed by atoms with Gasteiger partial charge in [0.15, 0.2) is 0 Å². The van der Waals surface area contributed by atoms with Crippen molar-refractivity contribution in [1.82, 2.24) is 4.57 Å². The molecule has 0 amide bonds. The van der Waals surface area contributed by atoms with E-state index in [4.69, 9.17) is 5.11 Å². The molecular weight excluding hydrogens is 266 g/mol. The van der Waals surface area contributed by atoms with Crippen LogP contribution in [-0.2, 0) is 6.54 Å². The summed E-state index contributed by atoms with van der Waals surface area (Å²) in [5.74, 6) is -0.745. The summed E-state index contributed by atoms with van der Waals surface area (Å²) >= 11 is 0. The molecule has 0 saturated heterocycles. The van der Waals surface area contributed by atoms with Gasteiger partial charge in [0.2, 0.25) is 0 Å². The normalized spacial score (nSPS) is 10.9. The Bertz CT molecular complexity index is 712. The average molecular weight is 285 g/mol. The van der Waals surface area contributed by atoms with Crippen molar-refractivity contribution >= 4 is 5.97 Å². The van der Waals surface area contributed by atoms with Crippen LogP contribution in [0.4, 0.5) is 0 Å². The minimum absolute atomic E-state index is 0.195. The second-order valence-corrected chi connectivity index (χ2v) is 5.26. The maximum Gasteiger partial charge on any atom is 0.341 e. The van der Waals surface area contributed by atoms with Crippen LogP contribution >= 0.6 is 0 Å². The molecule has 21 heavy (non-hydrogen) atoms. The van der Waals surface area contributed by atoms with Crippen LogP contribution in [0.2, 0.25) is 0 Å². The molecule has 0 aliphatic rings. The Morgan fingerprint density at radius 2 is 1.76 bits per heavy atom. The van der Waals surface area contributed by atoms with E-state index >= 15 is 0 Å². The number of pyridine rings is 1. The predicted octanol–water partition coefficient (Wildman–Crippen LogP) is 3.36. The van der Waals surface area contributed by atoms with Gasteiger partial charge in [0.25, 0.3) is 5.56 Å². The van der Waals surface area contributed by atoms with Crippen LogP contribution in [0.15, 0.2) is 41.2 Å². The quantitative estimate of drug-likeness (QED) is 0.937. The number of carboxylic acids is 1. The molecule has 0 spiro atoms. The van der Waals surface area contributed by atoms with E-state index in [2.05, 4.69) is 13.8 Å². The molecule has 0 fully saturated rings. The van der Waals surface area contributed by atoms with Gasteiger partial charge >= 0.3 is 5.97 Å². The van der Waals surface area contributed by atoms with Crippen molar-refractivity contribution in [1.29, 1.82) is 0 Å². The van der Waals surface area contributed by atoms with Gasteiger partial charge < -0.3 is 9.67 Å². The lowest BCUT2D eigenvalue weighted by atomic mass is 10.0. The van der Waals surface area contributed by atoms with Gasteiger partial charge in [0, 0.05) is 6.54 Å². The first-order valence-corrected chi connectivity index (χ1v) is 7.03. The van der Waals surface area contributed by atoms with E-state index in [1.807, 2.05) is 31.2 Å². The van der Waals surface area contributed by atoms with Crippen molar-refractivity contribution in [2.45, 2.75) is 33.2 Å². The molecule has 1 heterocycles. The minimum atomic E-state index is -1.19. The predicted molar refractivity (Wildman–Crippen MR) is 82.9 cm³/mol. The van der Waals surface area contributed by atoms with Gasteiger partial charge in [-0.1, -0.05) is 38.1 Å². The Kier molecular flexibility index (Phi) is 4.26. The van der Waals surface area contributed by atoms with Gasteiger partial charge in [-0.2, -0.15) is 0 Å². The molecule has 0 radical (unpaired) electrons. The summed E-state index contributed by atoms with van der Waals surface area (Å²) in [6.07, 6.45) is 0. The van der Waals surface area contributed by atoms with E-state index in [0.717, 1.165) is 11.3 Å². The summed E-state index contributed by atoms with van der Waals surface area (Å²) in [4.78, 5) is 23.2. The smallest absolute Gasteiger partial charge is 0.341 e. The van der Waals surface area contributed by atoms with E-state index in [1.165, 1.54) is 16.2 Å². The number of rotatable bonds is 4. The summed E-state index contributed by atoms with van der Waals surface area (Å²) in [7, 11) is 0. The summed E-state index contributed by atoms with van der Waals surface area (Å²) in [6, 6.07) is 11.1. The van der Waals surface area contributed by atoms with Crippen molar-refractivity contribution in [2.75, 3.05) is 0 Å². The number of hydrogen-bond donors (Lipinski definition) is 1. The Morgan fingerprint density at radius 1 is 1.14 bits per heavy atom. The van der Waals surface area contributed by atoms with E-state index in [1.54, 1.807) is 6.07 Å². The van der Waals surface area contributed by atoms with Crippen LogP contribution in [-0.4, -0.2) is 15.6 Å².